The third-order valence-electron chi connectivity index (χ3n) is 16.6. The maximum Gasteiger partial charge on any atom is 0.243 e. The number of amides is 1. The number of ketones is 1. The summed E-state index contributed by atoms with van der Waals surface area (Å²) in [6.45, 7) is 13.2. The molecule has 1 spiro atoms. The maximum atomic E-state index is 14.8. The van der Waals surface area contributed by atoms with Crippen molar-refractivity contribution in [3.8, 4) is 0 Å². The van der Waals surface area contributed by atoms with Crippen LogP contribution in [-0.2, 0) is 28.9 Å². The van der Waals surface area contributed by atoms with E-state index in [9.17, 15) is 35.1 Å². The summed E-state index contributed by atoms with van der Waals surface area (Å²) in [5.74, 6) is -0.687. The number of allylic oxidation sites excluding steroid dienone is 5. The lowest BCUT2D eigenvalue weighted by molar-refractivity contribution is -0.168. The molecule has 10 atom stereocenters. The van der Waals surface area contributed by atoms with E-state index in [1.165, 1.54) is 31.3 Å². The van der Waals surface area contributed by atoms with Crippen LogP contribution in [0.2, 0.25) is 0 Å². The summed E-state index contributed by atoms with van der Waals surface area (Å²) in [6.07, 6.45) is 14.7. The number of benzene rings is 2. The van der Waals surface area contributed by atoms with Crippen molar-refractivity contribution in [2.45, 2.75) is 166 Å². The SMILES string of the molecule is C=C(C=CC=C(CO)C1CCC2(C3CCC(O)Cc4cccc(c4)CCC(O)CNC4C(=O)NC(N)c5cccc(c54)CC(=O)C(C)=C3CCC2(C)O)C1O)C(CC=C(C)C)NCC1CCCC1. The fourth-order valence-corrected chi connectivity index (χ4v) is 12.6. The number of β-amino-alcohol motifs (C(OH)–C–C–N with tert-alkyl or cyclic N) is 1. The van der Waals surface area contributed by atoms with Crippen LogP contribution in [-0.4, -0.2) is 86.9 Å². The van der Waals surface area contributed by atoms with Gasteiger partial charge in [-0.15, -0.1) is 0 Å². The first kappa shape index (κ1) is 51.8. The maximum absolute atomic E-state index is 14.8. The highest BCUT2D eigenvalue weighted by Crippen LogP contribution is 2.63. The van der Waals surface area contributed by atoms with Gasteiger partial charge in [-0.05, 0) is 168 Å². The third-order valence-corrected chi connectivity index (χ3v) is 16.6. The molecule has 2 aromatic carbocycles. The predicted octanol–water partition coefficient (Wildman–Crippen LogP) is 6.98. The molecule has 11 heteroatoms. The summed E-state index contributed by atoms with van der Waals surface area (Å²) in [6, 6.07) is 12.9. The van der Waals surface area contributed by atoms with Crippen molar-refractivity contribution in [3.63, 3.8) is 0 Å². The van der Waals surface area contributed by atoms with Gasteiger partial charge in [-0.1, -0.05) is 97.3 Å². The van der Waals surface area contributed by atoms with E-state index >= 15 is 0 Å². The summed E-state index contributed by atoms with van der Waals surface area (Å²) in [5, 5.41) is 69.2. The molecule has 0 aromatic heterocycles. The monoisotopic (exact) mass is 933 g/mol. The Morgan fingerprint density at radius 3 is 2.47 bits per heavy atom. The van der Waals surface area contributed by atoms with Gasteiger partial charge in [0.15, 0.2) is 5.78 Å². The Labute approximate surface area is 405 Å². The number of carbonyl (C=O) groups is 2. The number of nitrogens with one attached hydrogen (secondary N) is 3. The van der Waals surface area contributed by atoms with Crippen molar-refractivity contribution < 1.29 is 35.1 Å². The Morgan fingerprint density at radius 1 is 0.971 bits per heavy atom. The highest BCUT2D eigenvalue weighted by Gasteiger charge is 2.64. The molecule has 11 nitrogen and oxygen atoms in total. The molecular formula is C57H80N4O7. The molecule has 68 heavy (non-hydrogen) atoms. The molecule has 7 rings (SSSR count). The Morgan fingerprint density at radius 2 is 1.72 bits per heavy atom. The van der Waals surface area contributed by atoms with Crippen LogP contribution < -0.4 is 21.7 Å². The molecule has 10 unspecified atom stereocenters. The Bertz CT molecular complexity index is 2250. The van der Waals surface area contributed by atoms with Crippen molar-refractivity contribution in [1.82, 2.24) is 16.0 Å². The zero-order chi connectivity index (χ0) is 48.8. The van der Waals surface area contributed by atoms with Gasteiger partial charge in [-0.3, -0.25) is 14.9 Å². The molecule has 1 amide bonds. The van der Waals surface area contributed by atoms with Crippen LogP contribution in [0.25, 0.3) is 0 Å². The summed E-state index contributed by atoms with van der Waals surface area (Å²) < 4.78 is 0. The average Bonchev–Trinajstić information content (AvgIpc) is 3.95. The standard InChI is InChI=1S/C57H80N4O7/c1-35(2)19-24-49(59-32-39-12-6-7-13-39)36(3)11-8-17-42(34-62)46-26-28-57(53(46)66)48-23-22-43(63)30-40-15-9-14-38(29-40)20-21-44(64)33-60-52-51-41(16-10-18-47(51)54(58)61-55(52)67)31-50(65)37(4)45(48)25-27-56(57,5)68/h8-11,14-19,29,39,43-44,46,48-49,52-54,59-60,62-64,66,68H,3,6-7,12-13,20-28,30-34,58H2,1-2,4-5H3,(H,61,67). The fraction of sp³-hybridized carbons (Fsp3) is 0.579. The van der Waals surface area contributed by atoms with Crippen LogP contribution in [0.3, 0.4) is 0 Å². The number of hydrogen-bond donors (Lipinski definition) is 9. The molecule has 3 aliphatic carbocycles. The largest absolute Gasteiger partial charge is 0.393 e. The molecule has 2 bridgehead atoms. The topological polar surface area (TPSA) is 197 Å². The lowest BCUT2D eigenvalue weighted by Gasteiger charge is -2.56. The van der Waals surface area contributed by atoms with E-state index in [0.717, 1.165) is 35.2 Å². The highest BCUT2D eigenvalue weighted by atomic mass is 16.3. The molecule has 2 aliphatic heterocycles. The van der Waals surface area contributed by atoms with Crippen molar-refractivity contribution in [2.24, 2.45) is 28.9 Å². The Kier molecular flexibility index (Phi) is 17.4. The highest BCUT2D eigenvalue weighted by molar-refractivity contribution is 5.98. The molecule has 370 valence electrons. The van der Waals surface area contributed by atoms with Gasteiger partial charge in [0.05, 0.1) is 30.5 Å². The van der Waals surface area contributed by atoms with Crippen molar-refractivity contribution in [3.05, 3.63) is 129 Å². The third kappa shape index (κ3) is 11.6. The minimum Gasteiger partial charge on any atom is -0.393 e. The predicted molar refractivity (Wildman–Crippen MR) is 269 cm³/mol. The summed E-state index contributed by atoms with van der Waals surface area (Å²) in [7, 11) is 0. The lowest BCUT2D eigenvalue weighted by Crippen LogP contribution is -2.59. The summed E-state index contributed by atoms with van der Waals surface area (Å²) in [5.41, 5.74) is 12.4. The number of rotatable bonds is 10. The van der Waals surface area contributed by atoms with E-state index in [0.29, 0.717) is 91.5 Å². The smallest absolute Gasteiger partial charge is 0.243 e. The normalized spacial score (nSPS) is 31.6. The first-order valence-corrected chi connectivity index (χ1v) is 25.5. The van der Waals surface area contributed by atoms with E-state index in [1.54, 1.807) is 0 Å². The van der Waals surface area contributed by atoms with Crippen molar-refractivity contribution in [1.29, 1.82) is 0 Å². The molecule has 3 fully saturated rings. The number of nitrogens with two attached hydrogens (primary N) is 1. The van der Waals surface area contributed by atoms with Gasteiger partial charge in [0.25, 0.3) is 0 Å². The van der Waals surface area contributed by atoms with Gasteiger partial charge in [0.2, 0.25) is 5.91 Å². The number of Topliss-reactive ketones (excluding diaryl/α,β-unsaturated/α-hetero) is 1. The van der Waals surface area contributed by atoms with Gasteiger partial charge in [0.1, 0.15) is 12.2 Å². The minimum atomic E-state index is -1.33. The number of fused-ring (bicyclic) bond motifs is 4. The number of carbonyl (C=O) groups excluding carboxylic acids is 2. The number of aryl methyl sites for hydroxylation is 1. The van der Waals surface area contributed by atoms with E-state index in [1.807, 2.05) is 68.5 Å². The second kappa shape index (κ2) is 22.8. The Hall–Kier alpha value is -4.04. The summed E-state index contributed by atoms with van der Waals surface area (Å²) >= 11 is 0. The molecule has 0 radical (unpaired) electrons. The van der Waals surface area contributed by atoms with Crippen LogP contribution in [0.5, 0.6) is 0 Å². The van der Waals surface area contributed by atoms with Crippen molar-refractivity contribution >= 4 is 11.7 Å². The van der Waals surface area contributed by atoms with Crippen LogP contribution in [0.4, 0.5) is 0 Å². The van der Waals surface area contributed by atoms with E-state index in [-0.39, 0.29) is 37.3 Å². The van der Waals surface area contributed by atoms with Crippen LogP contribution in [0.1, 0.15) is 145 Å². The molecule has 10 N–H and O–H groups in total. The second-order valence-corrected chi connectivity index (χ2v) is 21.4. The first-order chi connectivity index (χ1) is 32.5. The average molecular weight is 933 g/mol. The van der Waals surface area contributed by atoms with Gasteiger partial charge in [-0.25, -0.2) is 0 Å². The van der Waals surface area contributed by atoms with Crippen LogP contribution in [0, 0.1) is 23.2 Å². The molecule has 3 saturated carbocycles. The first-order valence-electron chi connectivity index (χ1n) is 25.5. The van der Waals surface area contributed by atoms with E-state index in [2.05, 4.69) is 48.5 Å². The van der Waals surface area contributed by atoms with E-state index in [4.69, 9.17) is 5.73 Å². The van der Waals surface area contributed by atoms with Gasteiger partial charge < -0.3 is 41.9 Å². The molecule has 0 saturated heterocycles. The Balaban J connectivity index is 1.22. The zero-order valence-corrected chi connectivity index (χ0v) is 41.1. The molecular weight excluding hydrogens is 853 g/mol. The fourth-order valence-electron chi connectivity index (χ4n) is 12.6. The van der Waals surface area contributed by atoms with Gasteiger partial charge >= 0.3 is 0 Å². The van der Waals surface area contributed by atoms with Gasteiger partial charge in [0, 0.05) is 30.3 Å². The zero-order valence-electron chi connectivity index (χ0n) is 41.1. The van der Waals surface area contributed by atoms with E-state index < -0.39 is 53.4 Å². The lowest BCUT2D eigenvalue weighted by atomic mass is 9.52. The molecule has 2 heterocycles. The second-order valence-electron chi connectivity index (χ2n) is 21.4. The molecule has 2 aromatic rings. The number of aliphatic hydroxyl groups is 5. The quantitative estimate of drug-likeness (QED) is 0.0886. The van der Waals surface area contributed by atoms with Crippen LogP contribution >= 0.6 is 0 Å². The molecule has 5 aliphatic rings. The van der Waals surface area contributed by atoms with Crippen LogP contribution in [0.15, 0.2) is 101 Å². The summed E-state index contributed by atoms with van der Waals surface area (Å²) in [4.78, 5) is 28.4. The van der Waals surface area contributed by atoms with Crippen molar-refractivity contribution in [2.75, 3.05) is 19.7 Å². The number of aliphatic hydroxyl groups excluding tert-OH is 4. The minimum absolute atomic E-state index is 0.00186. The van der Waals surface area contributed by atoms with Gasteiger partial charge in [-0.2, -0.15) is 0 Å². The number of hydrogen-bond acceptors (Lipinski definition) is 10.